The average Bonchev–Trinajstić information content (AvgIpc) is 3.00. The lowest BCUT2D eigenvalue weighted by Gasteiger charge is -2.15. The van der Waals surface area contributed by atoms with Crippen LogP contribution in [0.5, 0.6) is 0 Å². The van der Waals surface area contributed by atoms with E-state index in [-0.39, 0.29) is 0 Å². The molecule has 0 radical (unpaired) electrons. The van der Waals surface area contributed by atoms with Crippen molar-refractivity contribution in [3.8, 4) is 5.69 Å². The maximum Gasteiger partial charge on any atom is 0.252 e. The van der Waals surface area contributed by atoms with E-state index in [2.05, 4.69) is 15.4 Å². The van der Waals surface area contributed by atoms with Gasteiger partial charge in [0.15, 0.2) is 0 Å². The highest BCUT2D eigenvalue weighted by molar-refractivity contribution is 6.30. The first-order valence-corrected chi connectivity index (χ1v) is 8.75. The lowest BCUT2D eigenvalue weighted by Crippen LogP contribution is -2.23. The van der Waals surface area contributed by atoms with Crippen LogP contribution in [0.1, 0.15) is 17.0 Å². The molecule has 1 aliphatic rings. The van der Waals surface area contributed by atoms with Gasteiger partial charge in [-0.1, -0.05) is 47.1 Å². The van der Waals surface area contributed by atoms with Crippen molar-refractivity contribution in [2.45, 2.75) is 6.92 Å². The highest BCUT2D eigenvalue weighted by Gasteiger charge is 2.25. The first kappa shape index (κ1) is 17.2. The summed E-state index contributed by atoms with van der Waals surface area (Å²) in [5, 5.41) is 19.7. The lowest BCUT2D eigenvalue weighted by atomic mass is 10.0. The number of nitrogens with zero attached hydrogens (tertiary/aromatic N) is 6. The van der Waals surface area contributed by atoms with Gasteiger partial charge in [-0.05, 0) is 25.1 Å². The first-order chi connectivity index (χ1) is 13.2. The predicted octanol–water partition coefficient (Wildman–Crippen LogP) is 3.43. The fourth-order valence-corrected chi connectivity index (χ4v) is 3.14. The van der Waals surface area contributed by atoms with Crippen LogP contribution in [-0.4, -0.2) is 40.3 Å². The number of benzene rings is 2. The van der Waals surface area contributed by atoms with E-state index in [1.165, 1.54) is 7.11 Å². The van der Waals surface area contributed by atoms with E-state index in [0.717, 1.165) is 28.4 Å². The molecule has 8 heteroatoms. The molecule has 0 saturated heterocycles. The Hall–Kier alpha value is -3.19. The van der Waals surface area contributed by atoms with E-state index in [4.69, 9.17) is 21.5 Å². The number of halogens is 1. The highest BCUT2D eigenvalue weighted by Crippen LogP contribution is 2.29. The second-order valence-corrected chi connectivity index (χ2v) is 6.34. The van der Waals surface area contributed by atoms with Gasteiger partial charge in [-0.2, -0.15) is 5.10 Å². The van der Waals surface area contributed by atoms with Crippen LogP contribution >= 0.6 is 11.6 Å². The Labute approximate surface area is 161 Å². The number of hydrogen-bond acceptors (Lipinski definition) is 6. The highest BCUT2D eigenvalue weighted by atomic mass is 35.5. The number of rotatable bonds is 4. The number of anilines is 1. The minimum atomic E-state index is 0.386. The average molecular weight is 381 g/mol. The fraction of sp³-hybridized carbons (Fsp3) is 0.158. The van der Waals surface area contributed by atoms with Crippen LogP contribution in [0.25, 0.3) is 5.69 Å². The van der Waals surface area contributed by atoms with E-state index in [9.17, 15) is 0 Å². The smallest absolute Gasteiger partial charge is 0.252 e. The molecule has 27 heavy (non-hydrogen) atoms. The van der Waals surface area contributed by atoms with Gasteiger partial charge in [-0.3, -0.25) is 4.57 Å². The molecule has 1 aliphatic heterocycles. The summed E-state index contributed by atoms with van der Waals surface area (Å²) < 4.78 is 1.99. The van der Waals surface area contributed by atoms with E-state index < -0.39 is 0 Å². The molecule has 2 heterocycles. The van der Waals surface area contributed by atoms with Gasteiger partial charge in [0.05, 0.1) is 18.4 Å². The molecule has 3 aromatic rings. The molecule has 0 fully saturated rings. The van der Waals surface area contributed by atoms with Crippen LogP contribution < -0.4 is 5.01 Å². The minimum absolute atomic E-state index is 0.386. The Morgan fingerprint density at radius 3 is 2.67 bits per heavy atom. The zero-order chi connectivity index (χ0) is 18.8. The van der Waals surface area contributed by atoms with Crippen molar-refractivity contribution < 1.29 is 4.84 Å². The molecule has 4 rings (SSSR count). The van der Waals surface area contributed by atoms with E-state index in [1.807, 2.05) is 60.0 Å². The third kappa shape index (κ3) is 3.17. The maximum absolute atomic E-state index is 6.07. The molecule has 136 valence electrons. The number of para-hydroxylation sites is 1. The van der Waals surface area contributed by atoms with Crippen LogP contribution in [0.2, 0.25) is 5.02 Å². The van der Waals surface area contributed by atoms with Crippen LogP contribution in [0, 0.1) is 6.92 Å². The number of hydrazone groups is 1. The molecule has 0 atom stereocenters. The van der Waals surface area contributed by atoms with Crippen LogP contribution in [-0.2, 0) is 4.84 Å². The van der Waals surface area contributed by atoms with Crippen LogP contribution in [0.4, 0.5) is 5.95 Å². The molecule has 0 spiro atoms. The zero-order valence-corrected chi connectivity index (χ0v) is 15.6. The first-order valence-electron chi connectivity index (χ1n) is 8.38. The Balaban J connectivity index is 1.94. The summed E-state index contributed by atoms with van der Waals surface area (Å²) in [5.41, 5.74) is 3.72. The summed E-state index contributed by atoms with van der Waals surface area (Å²) in [7, 11) is 1.50. The van der Waals surface area contributed by atoms with E-state index in [1.54, 1.807) is 11.2 Å². The molecule has 7 nitrogen and oxygen atoms in total. The third-order valence-corrected chi connectivity index (χ3v) is 4.46. The Bertz CT molecular complexity index is 1020. The third-order valence-electron chi connectivity index (χ3n) is 4.21. The maximum atomic E-state index is 6.07. The standard InChI is InChI=1S/C19H17ClN6O/c1-13-22-23-19-25(12-11-21-27-2)24-18(14-7-9-15(20)10-8-14)16-5-3-4-6-17(16)26(13)19/h3-11H,12H2,1-2H3. The van der Waals surface area contributed by atoms with E-state index >= 15 is 0 Å². The summed E-state index contributed by atoms with van der Waals surface area (Å²) in [4.78, 5) is 4.78. The van der Waals surface area contributed by atoms with Gasteiger partial charge in [0.25, 0.3) is 5.95 Å². The number of aromatic nitrogens is 3. The Kier molecular flexibility index (Phi) is 4.60. The van der Waals surface area contributed by atoms with Gasteiger partial charge in [0.2, 0.25) is 0 Å². The van der Waals surface area contributed by atoms with Crippen molar-refractivity contribution >= 4 is 29.5 Å². The second-order valence-electron chi connectivity index (χ2n) is 5.91. The van der Waals surface area contributed by atoms with Crippen molar-refractivity contribution in [1.82, 2.24) is 14.8 Å². The molecular formula is C19H17ClN6O. The van der Waals surface area contributed by atoms with Gasteiger partial charge in [-0.25, -0.2) is 5.01 Å². The molecular weight excluding hydrogens is 364 g/mol. The Morgan fingerprint density at radius 2 is 1.89 bits per heavy atom. The van der Waals surface area contributed by atoms with Crippen molar-refractivity contribution in [3.05, 3.63) is 70.5 Å². The summed E-state index contributed by atoms with van der Waals surface area (Å²) >= 11 is 6.07. The summed E-state index contributed by atoms with van der Waals surface area (Å²) in [6.07, 6.45) is 1.63. The molecule has 0 aliphatic carbocycles. The largest absolute Gasteiger partial charge is 0.399 e. The molecule has 1 aromatic heterocycles. The zero-order valence-electron chi connectivity index (χ0n) is 14.9. The molecule has 0 N–H and O–H groups in total. The number of aryl methyl sites for hydroxylation is 1. The van der Waals surface area contributed by atoms with Gasteiger partial charge in [0.1, 0.15) is 18.6 Å². The van der Waals surface area contributed by atoms with Crippen LogP contribution in [0.15, 0.2) is 58.8 Å². The topological polar surface area (TPSA) is 67.9 Å². The van der Waals surface area contributed by atoms with Crippen molar-refractivity contribution in [3.63, 3.8) is 0 Å². The Morgan fingerprint density at radius 1 is 1.11 bits per heavy atom. The van der Waals surface area contributed by atoms with Crippen LogP contribution in [0.3, 0.4) is 0 Å². The summed E-state index contributed by atoms with van der Waals surface area (Å²) in [5.74, 6) is 1.39. The molecule has 0 saturated carbocycles. The minimum Gasteiger partial charge on any atom is -0.399 e. The summed E-state index contributed by atoms with van der Waals surface area (Å²) in [6, 6.07) is 15.7. The van der Waals surface area contributed by atoms with Crippen molar-refractivity contribution in [1.29, 1.82) is 0 Å². The molecule has 0 bridgehead atoms. The quantitative estimate of drug-likeness (QED) is 0.513. The van der Waals surface area contributed by atoms with Crippen molar-refractivity contribution in [2.24, 2.45) is 10.3 Å². The van der Waals surface area contributed by atoms with Gasteiger partial charge in [0, 0.05) is 16.1 Å². The van der Waals surface area contributed by atoms with Gasteiger partial charge < -0.3 is 4.84 Å². The monoisotopic (exact) mass is 380 g/mol. The van der Waals surface area contributed by atoms with Gasteiger partial charge in [-0.15, -0.1) is 10.2 Å². The number of hydrogen-bond donors (Lipinski definition) is 0. The summed E-state index contributed by atoms with van der Waals surface area (Å²) in [6.45, 7) is 2.30. The number of oxime groups is 1. The van der Waals surface area contributed by atoms with E-state index in [0.29, 0.717) is 17.5 Å². The lowest BCUT2D eigenvalue weighted by molar-refractivity contribution is 0.215. The molecule has 2 aromatic carbocycles. The molecule has 0 unspecified atom stereocenters. The fourth-order valence-electron chi connectivity index (χ4n) is 3.02. The van der Waals surface area contributed by atoms with Gasteiger partial charge >= 0.3 is 0 Å². The van der Waals surface area contributed by atoms with Crippen molar-refractivity contribution in [2.75, 3.05) is 18.7 Å². The normalized spacial score (nSPS) is 13.1. The molecule has 0 amide bonds. The second kappa shape index (κ2) is 7.20. The predicted molar refractivity (Wildman–Crippen MR) is 106 cm³/mol. The number of fused-ring (bicyclic) bond motifs is 3. The SMILES string of the molecule is CON=CCN1N=C(c2ccc(Cl)cc2)c2ccccc2-n2c(C)nnc21.